The number of hydrogen-bond acceptors (Lipinski definition) is 3. The fourth-order valence-electron chi connectivity index (χ4n) is 2.13. The Hall–Kier alpha value is -1.11. The van der Waals surface area contributed by atoms with Gasteiger partial charge in [0.1, 0.15) is 0 Å². The fraction of sp³-hybridized carbons (Fsp3) is 0.385. The number of halogens is 2. The third-order valence-electron chi connectivity index (χ3n) is 3.43. The van der Waals surface area contributed by atoms with Gasteiger partial charge in [0.15, 0.2) is 5.60 Å². The van der Waals surface area contributed by atoms with Gasteiger partial charge in [-0.1, -0.05) is 11.6 Å². The SMILES string of the molecule is O=C(c1cc(Cl)ccc1Br)N1CCC(O)(C(=O)O)CC1. The van der Waals surface area contributed by atoms with Crippen molar-refractivity contribution in [1.82, 2.24) is 4.90 Å². The molecule has 0 unspecified atom stereocenters. The number of benzene rings is 1. The van der Waals surface area contributed by atoms with Crippen LogP contribution in [0.1, 0.15) is 23.2 Å². The highest BCUT2D eigenvalue weighted by Gasteiger charge is 2.40. The number of carboxylic acid groups (broad SMARTS) is 1. The molecule has 0 atom stereocenters. The third kappa shape index (κ3) is 2.97. The molecule has 5 nitrogen and oxygen atoms in total. The molecule has 1 amide bonds. The molecule has 0 radical (unpaired) electrons. The first-order valence-electron chi connectivity index (χ1n) is 6.03. The highest BCUT2D eigenvalue weighted by Crippen LogP contribution is 2.27. The number of aliphatic hydroxyl groups is 1. The zero-order valence-electron chi connectivity index (χ0n) is 10.5. The minimum Gasteiger partial charge on any atom is -0.479 e. The average Bonchev–Trinajstić information content (AvgIpc) is 2.41. The number of rotatable bonds is 2. The number of likely N-dealkylation sites (tertiary alicyclic amines) is 1. The summed E-state index contributed by atoms with van der Waals surface area (Å²) in [6.07, 6.45) is 0.0402. The second-order valence-corrected chi connectivity index (χ2v) is 6.04. The minimum absolute atomic E-state index is 0.0201. The van der Waals surface area contributed by atoms with Gasteiger partial charge < -0.3 is 15.1 Å². The van der Waals surface area contributed by atoms with E-state index in [0.29, 0.717) is 15.1 Å². The lowest BCUT2D eigenvalue weighted by molar-refractivity contribution is -0.162. The van der Waals surface area contributed by atoms with E-state index in [1.54, 1.807) is 18.2 Å². The zero-order valence-corrected chi connectivity index (χ0v) is 12.8. The third-order valence-corrected chi connectivity index (χ3v) is 4.36. The molecule has 2 rings (SSSR count). The highest BCUT2D eigenvalue weighted by atomic mass is 79.9. The van der Waals surface area contributed by atoms with Gasteiger partial charge in [0.2, 0.25) is 0 Å². The van der Waals surface area contributed by atoms with Crippen LogP contribution in [0.4, 0.5) is 0 Å². The molecule has 0 bridgehead atoms. The molecule has 20 heavy (non-hydrogen) atoms. The molecule has 108 valence electrons. The average molecular weight is 363 g/mol. The number of piperidine rings is 1. The maximum Gasteiger partial charge on any atom is 0.335 e. The Bertz CT molecular complexity index is 555. The lowest BCUT2D eigenvalue weighted by Crippen LogP contribution is -2.50. The molecule has 1 aromatic carbocycles. The molecule has 1 fully saturated rings. The van der Waals surface area contributed by atoms with E-state index in [9.17, 15) is 14.7 Å². The topological polar surface area (TPSA) is 77.8 Å². The monoisotopic (exact) mass is 361 g/mol. The number of carbonyl (C=O) groups is 2. The number of hydrogen-bond donors (Lipinski definition) is 2. The molecule has 7 heteroatoms. The van der Waals surface area contributed by atoms with Gasteiger partial charge in [-0.3, -0.25) is 4.79 Å². The van der Waals surface area contributed by atoms with Crippen molar-refractivity contribution in [2.24, 2.45) is 0 Å². The smallest absolute Gasteiger partial charge is 0.335 e. The number of aliphatic carboxylic acids is 1. The minimum atomic E-state index is -1.73. The Morgan fingerprint density at radius 1 is 1.30 bits per heavy atom. The molecule has 0 saturated carbocycles. The van der Waals surface area contributed by atoms with Crippen molar-refractivity contribution in [2.75, 3.05) is 13.1 Å². The normalized spacial score (nSPS) is 17.9. The Balaban J connectivity index is 2.13. The van der Waals surface area contributed by atoms with Crippen LogP contribution < -0.4 is 0 Å². The highest BCUT2D eigenvalue weighted by molar-refractivity contribution is 9.10. The zero-order chi connectivity index (χ0) is 14.9. The van der Waals surface area contributed by atoms with Gasteiger partial charge in [-0.15, -0.1) is 0 Å². The molecule has 0 spiro atoms. The Morgan fingerprint density at radius 3 is 2.45 bits per heavy atom. The van der Waals surface area contributed by atoms with Crippen molar-refractivity contribution in [3.63, 3.8) is 0 Å². The summed E-state index contributed by atoms with van der Waals surface area (Å²) in [5.41, 5.74) is -1.30. The van der Waals surface area contributed by atoms with Gasteiger partial charge >= 0.3 is 5.97 Å². The number of amides is 1. The van der Waals surface area contributed by atoms with E-state index >= 15 is 0 Å². The molecule has 2 N–H and O–H groups in total. The predicted octanol–water partition coefficient (Wildman–Crippen LogP) is 2.15. The second kappa shape index (κ2) is 5.71. The summed E-state index contributed by atoms with van der Waals surface area (Å²) in [5, 5.41) is 19.2. The van der Waals surface area contributed by atoms with Gasteiger partial charge in [0.25, 0.3) is 5.91 Å². The van der Waals surface area contributed by atoms with Crippen LogP contribution in [-0.2, 0) is 4.79 Å². The summed E-state index contributed by atoms with van der Waals surface area (Å²) in [6, 6.07) is 4.92. The van der Waals surface area contributed by atoms with Crippen LogP contribution in [0, 0.1) is 0 Å². The second-order valence-electron chi connectivity index (χ2n) is 4.75. The van der Waals surface area contributed by atoms with E-state index < -0.39 is 11.6 Å². The van der Waals surface area contributed by atoms with Crippen molar-refractivity contribution >= 4 is 39.4 Å². The lowest BCUT2D eigenvalue weighted by atomic mass is 9.91. The van der Waals surface area contributed by atoms with Crippen LogP contribution in [0.25, 0.3) is 0 Å². The molecule has 0 aromatic heterocycles. The fourth-order valence-corrected chi connectivity index (χ4v) is 2.71. The van der Waals surface area contributed by atoms with E-state index in [1.807, 2.05) is 0 Å². The summed E-state index contributed by atoms with van der Waals surface area (Å²) in [7, 11) is 0. The van der Waals surface area contributed by atoms with Crippen molar-refractivity contribution in [3.8, 4) is 0 Å². The standard InChI is InChI=1S/C13H13BrClNO4/c14-10-2-1-8(15)7-9(10)11(17)16-5-3-13(20,4-6-16)12(18)19/h1-2,7,20H,3-6H2,(H,18,19). The predicted molar refractivity (Wildman–Crippen MR) is 76.9 cm³/mol. The van der Waals surface area contributed by atoms with Gasteiger partial charge in [-0.25, -0.2) is 4.79 Å². The number of carbonyl (C=O) groups excluding carboxylic acids is 1. The van der Waals surface area contributed by atoms with E-state index in [0.717, 1.165) is 0 Å². The van der Waals surface area contributed by atoms with E-state index in [-0.39, 0.29) is 31.8 Å². The van der Waals surface area contributed by atoms with E-state index in [1.165, 1.54) is 4.90 Å². The van der Waals surface area contributed by atoms with Crippen LogP contribution >= 0.6 is 27.5 Å². The first-order valence-corrected chi connectivity index (χ1v) is 7.21. The quantitative estimate of drug-likeness (QED) is 0.845. The molecule has 1 saturated heterocycles. The van der Waals surface area contributed by atoms with Gasteiger partial charge in [0.05, 0.1) is 5.56 Å². The summed E-state index contributed by atoms with van der Waals surface area (Å²) < 4.78 is 0.631. The van der Waals surface area contributed by atoms with Crippen LogP contribution in [-0.4, -0.2) is 45.7 Å². The summed E-state index contributed by atoms with van der Waals surface area (Å²) in [4.78, 5) is 24.8. The molecular formula is C13H13BrClNO4. The lowest BCUT2D eigenvalue weighted by Gasteiger charge is -2.35. The van der Waals surface area contributed by atoms with Crippen LogP contribution in [0.2, 0.25) is 5.02 Å². The van der Waals surface area contributed by atoms with Crippen molar-refractivity contribution in [1.29, 1.82) is 0 Å². The van der Waals surface area contributed by atoms with Crippen LogP contribution in [0.3, 0.4) is 0 Å². The number of nitrogens with zero attached hydrogens (tertiary/aromatic N) is 1. The van der Waals surface area contributed by atoms with Crippen LogP contribution in [0.15, 0.2) is 22.7 Å². The Morgan fingerprint density at radius 2 is 1.90 bits per heavy atom. The summed E-state index contributed by atoms with van der Waals surface area (Å²) >= 11 is 9.17. The summed E-state index contributed by atoms with van der Waals surface area (Å²) in [6.45, 7) is 0.390. The van der Waals surface area contributed by atoms with Gasteiger partial charge in [0, 0.05) is 35.4 Å². The number of carboxylic acids is 1. The van der Waals surface area contributed by atoms with Gasteiger partial charge in [-0.2, -0.15) is 0 Å². The molecule has 0 aliphatic carbocycles. The molecular weight excluding hydrogens is 350 g/mol. The maximum atomic E-state index is 12.4. The molecule has 1 aliphatic rings. The molecule has 1 aliphatic heterocycles. The summed E-state index contributed by atoms with van der Waals surface area (Å²) in [5.74, 6) is -1.47. The van der Waals surface area contributed by atoms with Crippen molar-refractivity contribution in [2.45, 2.75) is 18.4 Å². The van der Waals surface area contributed by atoms with Crippen molar-refractivity contribution in [3.05, 3.63) is 33.3 Å². The Labute approximate surface area is 129 Å². The maximum absolute atomic E-state index is 12.4. The Kier molecular flexibility index (Phi) is 4.36. The van der Waals surface area contributed by atoms with Crippen molar-refractivity contribution < 1.29 is 19.8 Å². The van der Waals surface area contributed by atoms with E-state index in [4.69, 9.17) is 16.7 Å². The molecule has 1 heterocycles. The largest absolute Gasteiger partial charge is 0.479 e. The van der Waals surface area contributed by atoms with E-state index in [2.05, 4.69) is 15.9 Å². The molecule has 1 aromatic rings. The van der Waals surface area contributed by atoms with Gasteiger partial charge in [-0.05, 0) is 34.1 Å². The first kappa shape index (κ1) is 15.3. The van der Waals surface area contributed by atoms with Crippen LogP contribution in [0.5, 0.6) is 0 Å². The first-order chi connectivity index (χ1) is 9.33.